The Labute approximate surface area is 122 Å². The summed E-state index contributed by atoms with van der Waals surface area (Å²) >= 11 is 1.49. The minimum atomic E-state index is -3.70. The molecular formula is C11H17N5O2S2. The second-order valence-corrected chi connectivity index (χ2v) is 7.92. The van der Waals surface area contributed by atoms with Crippen molar-refractivity contribution in [2.45, 2.75) is 38.3 Å². The second kappa shape index (κ2) is 4.90. The summed E-state index contributed by atoms with van der Waals surface area (Å²) in [4.78, 5) is 5.50. The van der Waals surface area contributed by atoms with Crippen LogP contribution >= 0.6 is 11.3 Å². The van der Waals surface area contributed by atoms with E-state index in [-0.39, 0.29) is 5.03 Å². The lowest BCUT2D eigenvalue weighted by atomic mass is 10.1. The molecule has 0 saturated heterocycles. The van der Waals surface area contributed by atoms with Gasteiger partial charge in [-0.25, -0.2) is 18.1 Å². The first-order valence-electron chi connectivity index (χ1n) is 5.96. The van der Waals surface area contributed by atoms with Crippen molar-refractivity contribution in [3.8, 4) is 0 Å². The van der Waals surface area contributed by atoms with E-state index in [0.717, 1.165) is 15.6 Å². The summed E-state index contributed by atoms with van der Waals surface area (Å²) in [5.41, 5.74) is 0.117. The zero-order valence-electron chi connectivity index (χ0n) is 12.0. The van der Waals surface area contributed by atoms with E-state index in [1.54, 1.807) is 13.8 Å². The predicted molar refractivity (Wildman–Crippen MR) is 75.9 cm³/mol. The largest absolute Gasteiger partial charge is 0.260 e. The minimum Gasteiger partial charge on any atom is -0.244 e. The van der Waals surface area contributed by atoms with Gasteiger partial charge in [0, 0.05) is 11.9 Å². The fourth-order valence-electron chi connectivity index (χ4n) is 1.70. The van der Waals surface area contributed by atoms with Gasteiger partial charge < -0.3 is 0 Å². The number of hydrogen-bond donors (Lipinski definition) is 1. The highest BCUT2D eigenvalue weighted by molar-refractivity contribution is 7.89. The molecule has 0 bridgehead atoms. The van der Waals surface area contributed by atoms with Crippen LogP contribution in [-0.4, -0.2) is 28.4 Å². The Bertz CT molecular complexity index is 710. The molecule has 0 saturated carbocycles. The molecule has 9 heteroatoms. The van der Waals surface area contributed by atoms with Crippen LogP contribution < -0.4 is 4.72 Å². The van der Waals surface area contributed by atoms with Crippen molar-refractivity contribution >= 4 is 21.4 Å². The molecule has 0 aromatic carbocycles. The van der Waals surface area contributed by atoms with Crippen LogP contribution in [0.4, 0.5) is 0 Å². The van der Waals surface area contributed by atoms with Crippen LogP contribution in [0.15, 0.2) is 11.2 Å². The lowest BCUT2D eigenvalue weighted by Crippen LogP contribution is -2.41. The van der Waals surface area contributed by atoms with E-state index in [4.69, 9.17) is 0 Å². The molecule has 0 aliphatic rings. The molecule has 0 unspecified atom stereocenters. The van der Waals surface area contributed by atoms with Crippen molar-refractivity contribution in [2.24, 2.45) is 7.05 Å². The number of sulfonamides is 1. The molecule has 2 aromatic heterocycles. The molecule has 0 aliphatic heterocycles. The molecular weight excluding hydrogens is 298 g/mol. The van der Waals surface area contributed by atoms with Crippen LogP contribution in [-0.2, 0) is 22.6 Å². The SMILES string of the molecule is Cc1nc(C(C)(C)NS(=O)(=O)c2cnnn2C)sc1C. The molecule has 7 nitrogen and oxygen atoms in total. The Morgan fingerprint density at radius 2 is 2.00 bits per heavy atom. The number of hydrogen-bond acceptors (Lipinski definition) is 6. The maximum absolute atomic E-state index is 12.4. The van der Waals surface area contributed by atoms with Crippen molar-refractivity contribution in [1.29, 1.82) is 0 Å². The Balaban J connectivity index is 2.35. The molecule has 2 heterocycles. The van der Waals surface area contributed by atoms with Gasteiger partial charge in [0.1, 0.15) is 5.01 Å². The molecule has 1 N–H and O–H groups in total. The maximum Gasteiger partial charge on any atom is 0.260 e. The van der Waals surface area contributed by atoms with Gasteiger partial charge in [-0.2, -0.15) is 4.72 Å². The molecule has 0 spiro atoms. The van der Waals surface area contributed by atoms with Gasteiger partial charge in [-0.05, 0) is 27.7 Å². The van der Waals surface area contributed by atoms with Gasteiger partial charge in [0.05, 0.1) is 17.4 Å². The zero-order chi connectivity index (χ0) is 15.1. The maximum atomic E-state index is 12.4. The first kappa shape index (κ1) is 15.1. The standard InChI is InChI=1S/C11H17N5O2S2/c1-7-8(2)19-10(13-7)11(3,4)14-20(17,18)9-6-12-15-16(9)5/h6,14H,1-5H3. The summed E-state index contributed by atoms with van der Waals surface area (Å²) in [6, 6.07) is 0. The van der Waals surface area contributed by atoms with E-state index in [1.165, 1.54) is 29.3 Å². The van der Waals surface area contributed by atoms with Crippen molar-refractivity contribution in [2.75, 3.05) is 0 Å². The monoisotopic (exact) mass is 315 g/mol. The third-order valence-corrected chi connectivity index (χ3v) is 6.00. The smallest absolute Gasteiger partial charge is 0.244 e. The van der Waals surface area contributed by atoms with Crippen LogP contribution in [0.1, 0.15) is 29.4 Å². The van der Waals surface area contributed by atoms with E-state index >= 15 is 0 Å². The topological polar surface area (TPSA) is 89.8 Å². The number of aryl methyl sites for hydroxylation is 3. The summed E-state index contributed by atoms with van der Waals surface area (Å²) in [7, 11) is -2.17. The highest BCUT2D eigenvalue weighted by Crippen LogP contribution is 2.28. The second-order valence-electron chi connectivity index (χ2n) is 5.09. The van der Waals surface area contributed by atoms with Gasteiger partial charge in [-0.15, -0.1) is 16.4 Å². The third kappa shape index (κ3) is 2.74. The molecule has 0 amide bonds. The van der Waals surface area contributed by atoms with Gasteiger partial charge in [0.15, 0.2) is 5.03 Å². The Morgan fingerprint density at radius 3 is 2.45 bits per heavy atom. The first-order chi connectivity index (χ1) is 9.13. The zero-order valence-corrected chi connectivity index (χ0v) is 13.6. The highest BCUT2D eigenvalue weighted by Gasteiger charge is 2.32. The van der Waals surface area contributed by atoms with Crippen molar-refractivity contribution in [3.05, 3.63) is 21.8 Å². The molecule has 2 aromatic rings. The van der Waals surface area contributed by atoms with Gasteiger partial charge >= 0.3 is 0 Å². The first-order valence-corrected chi connectivity index (χ1v) is 8.26. The quantitative estimate of drug-likeness (QED) is 0.912. The van der Waals surface area contributed by atoms with E-state index in [1.807, 2.05) is 13.8 Å². The highest BCUT2D eigenvalue weighted by atomic mass is 32.2. The molecule has 2 rings (SSSR count). The van der Waals surface area contributed by atoms with Gasteiger partial charge in [0.2, 0.25) is 0 Å². The average Bonchev–Trinajstić information content (AvgIpc) is 2.86. The minimum absolute atomic E-state index is 0.0237. The lowest BCUT2D eigenvalue weighted by Gasteiger charge is -2.23. The fourth-order valence-corrected chi connectivity index (χ4v) is 4.18. The number of thiazole rings is 1. The molecule has 0 aliphatic carbocycles. The van der Waals surface area contributed by atoms with Gasteiger partial charge in [-0.3, -0.25) is 0 Å². The number of nitrogens with zero attached hydrogens (tertiary/aromatic N) is 4. The molecule has 20 heavy (non-hydrogen) atoms. The number of nitrogens with one attached hydrogen (secondary N) is 1. The van der Waals surface area contributed by atoms with E-state index in [2.05, 4.69) is 20.0 Å². The van der Waals surface area contributed by atoms with Crippen LogP contribution in [0.25, 0.3) is 0 Å². The molecule has 110 valence electrons. The molecule has 0 fully saturated rings. The summed E-state index contributed by atoms with van der Waals surface area (Å²) in [6.45, 7) is 7.44. The molecule has 0 atom stereocenters. The summed E-state index contributed by atoms with van der Waals surface area (Å²) in [5, 5.41) is 7.98. The molecule has 0 radical (unpaired) electrons. The van der Waals surface area contributed by atoms with Crippen LogP contribution in [0.2, 0.25) is 0 Å². The lowest BCUT2D eigenvalue weighted by molar-refractivity contribution is 0.464. The number of rotatable bonds is 4. The Hall–Kier alpha value is -1.32. The normalized spacial score (nSPS) is 12.8. The summed E-state index contributed by atoms with van der Waals surface area (Å²) < 4.78 is 28.6. The number of aromatic nitrogens is 4. The van der Waals surface area contributed by atoms with Crippen molar-refractivity contribution in [1.82, 2.24) is 24.7 Å². The van der Waals surface area contributed by atoms with Crippen LogP contribution in [0.5, 0.6) is 0 Å². The van der Waals surface area contributed by atoms with E-state index in [9.17, 15) is 8.42 Å². The Kier molecular flexibility index (Phi) is 3.69. The fraction of sp³-hybridized carbons (Fsp3) is 0.545. The average molecular weight is 315 g/mol. The van der Waals surface area contributed by atoms with Gasteiger partial charge in [0.25, 0.3) is 10.0 Å². The Morgan fingerprint density at radius 1 is 1.35 bits per heavy atom. The van der Waals surface area contributed by atoms with E-state index in [0.29, 0.717) is 0 Å². The van der Waals surface area contributed by atoms with E-state index < -0.39 is 15.6 Å². The predicted octanol–water partition coefficient (Wildman–Crippen LogP) is 1.10. The van der Waals surface area contributed by atoms with Crippen LogP contribution in [0.3, 0.4) is 0 Å². The summed E-state index contributed by atoms with van der Waals surface area (Å²) in [5.74, 6) is 0. The van der Waals surface area contributed by atoms with Crippen LogP contribution in [0, 0.1) is 13.8 Å². The van der Waals surface area contributed by atoms with Gasteiger partial charge in [-0.1, -0.05) is 5.21 Å². The van der Waals surface area contributed by atoms with Crippen molar-refractivity contribution in [3.63, 3.8) is 0 Å². The van der Waals surface area contributed by atoms with Crippen molar-refractivity contribution < 1.29 is 8.42 Å². The third-order valence-electron chi connectivity index (χ3n) is 2.90. The summed E-state index contributed by atoms with van der Waals surface area (Å²) in [6.07, 6.45) is 1.22.